The van der Waals surface area contributed by atoms with Crippen molar-refractivity contribution >= 4 is 0 Å². The summed E-state index contributed by atoms with van der Waals surface area (Å²) in [5.74, 6) is 1.32. The van der Waals surface area contributed by atoms with Crippen molar-refractivity contribution in [3.8, 4) is 5.75 Å². The SMILES string of the molecule is Cc1cc(OCCCCCCNCC(C)C)ccc1F. The van der Waals surface area contributed by atoms with Crippen LogP contribution in [0.3, 0.4) is 0 Å². The minimum atomic E-state index is -0.175. The van der Waals surface area contributed by atoms with E-state index in [0.717, 1.165) is 31.2 Å². The summed E-state index contributed by atoms with van der Waals surface area (Å²) in [6, 6.07) is 4.91. The Morgan fingerprint density at radius 2 is 1.90 bits per heavy atom. The molecule has 0 aromatic heterocycles. The van der Waals surface area contributed by atoms with E-state index in [1.165, 1.54) is 25.3 Å². The maximum atomic E-state index is 13.1. The molecule has 1 N–H and O–H groups in total. The molecule has 0 aliphatic carbocycles. The molecular formula is C17H28FNO. The van der Waals surface area contributed by atoms with Gasteiger partial charge in [0.2, 0.25) is 0 Å². The Morgan fingerprint density at radius 1 is 1.15 bits per heavy atom. The Labute approximate surface area is 122 Å². The molecule has 114 valence electrons. The molecule has 1 aromatic rings. The summed E-state index contributed by atoms with van der Waals surface area (Å²) in [5, 5.41) is 3.45. The third-order valence-corrected chi connectivity index (χ3v) is 3.20. The van der Waals surface area contributed by atoms with Crippen LogP contribution in [0.4, 0.5) is 4.39 Å². The van der Waals surface area contributed by atoms with Crippen LogP contribution in [0.2, 0.25) is 0 Å². The van der Waals surface area contributed by atoms with E-state index < -0.39 is 0 Å². The number of hydrogen-bond donors (Lipinski definition) is 1. The lowest BCUT2D eigenvalue weighted by atomic mass is 10.2. The van der Waals surface area contributed by atoms with E-state index in [0.29, 0.717) is 12.2 Å². The fraction of sp³-hybridized carbons (Fsp3) is 0.647. The molecule has 0 saturated carbocycles. The van der Waals surface area contributed by atoms with E-state index in [4.69, 9.17) is 4.74 Å². The summed E-state index contributed by atoms with van der Waals surface area (Å²) in [7, 11) is 0. The maximum Gasteiger partial charge on any atom is 0.126 e. The number of aryl methyl sites for hydroxylation is 1. The quantitative estimate of drug-likeness (QED) is 0.645. The molecule has 0 aliphatic rings. The lowest BCUT2D eigenvalue weighted by molar-refractivity contribution is 0.303. The van der Waals surface area contributed by atoms with Crippen LogP contribution in [0.1, 0.15) is 45.1 Å². The number of nitrogens with one attached hydrogen (secondary N) is 1. The molecule has 0 spiro atoms. The standard InChI is InChI=1S/C17H28FNO/c1-14(2)13-19-10-6-4-5-7-11-20-16-8-9-17(18)15(3)12-16/h8-9,12,14,19H,4-7,10-11,13H2,1-3H3. The predicted molar refractivity (Wildman–Crippen MR) is 82.8 cm³/mol. The van der Waals surface area contributed by atoms with E-state index >= 15 is 0 Å². The zero-order valence-electron chi connectivity index (χ0n) is 13.0. The first-order valence-electron chi connectivity index (χ1n) is 7.69. The highest BCUT2D eigenvalue weighted by molar-refractivity contribution is 5.28. The van der Waals surface area contributed by atoms with Crippen LogP contribution < -0.4 is 10.1 Å². The zero-order valence-corrected chi connectivity index (χ0v) is 13.0. The van der Waals surface area contributed by atoms with Gasteiger partial charge >= 0.3 is 0 Å². The van der Waals surface area contributed by atoms with Crippen LogP contribution in [0, 0.1) is 18.7 Å². The average molecular weight is 281 g/mol. The van der Waals surface area contributed by atoms with Gasteiger partial charge in [-0.2, -0.15) is 0 Å². The third kappa shape index (κ3) is 7.49. The van der Waals surface area contributed by atoms with Crippen molar-refractivity contribution in [3.05, 3.63) is 29.6 Å². The summed E-state index contributed by atoms with van der Waals surface area (Å²) < 4.78 is 18.7. The van der Waals surface area contributed by atoms with E-state index in [1.807, 2.05) is 0 Å². The molecule has 0 aliphatic heterocycles. The molecule has 0 heterocycles. The lowest BCUT2D eigenvalue weighted by Gasteiger charge is -2.08. The minimum absolute atomic E-state index is 0.175. The summed E-state index contributed by atoms with van der Waals surface area (Å²) in [4.78, 5) is 0. The van der Waals surface area contributed by atoms with Crippen molar-refractivity contribution in [1.82, 2.24) is 5.32 Å². The lowest BCUT2D eigenvalue weighted by Crippen LogP contribution is -2.20. The molecule has 20 heavy (non-hydrogen) atoms. The van der Waals surface area contributed by atoms with Gasteiger partial charge < -0.3 is 10.1 Å². The van der Waals surface area contributed by atoms with E-state index in [9.17, 15) is 4.39 Å². The molecule has 0 amide bonds. The molecule has 0 radical (unpaired) electrons. The van der Waals surface area contributed by atoms with Gasteiger partial charge in [0.25, 0.3) is 0 Å². The number of halogens is 1. The Hall–Kier alpha value is -1.09. The van der Waals surface area contributed by atoms with E-state index in [-0.39, 0.29) is 5.82 Å². The summed E-state index contributed by atoms with van der Waals surface area (Å²) >= 11 is 0. The first kappa shape index (κ1) is 17.0. The second kappa shape index (κ2) is 9.76. The molecule has 0 fully saturated rings. The monoisotopic (exact) mass is 281 g/mol. The van der Waals surface area contributed by atoms with Gasteiger partial charge in [-0.3, -0.25) is 0 Å². The van der Waals surface area contributed by atoms with Crippen LogP contribution >= 0.6 is 0 Å². The van der Waals surface area contributed by atoms with Crippen LogP contribution in [0.5, 0.6) is 5.75 Å². The Balaban J connectivity index is 1.98. The van der Waals surface area contributed by atoms with Gasteiger partial charge in [0, 0.05) is 0 Å². The van der Waals surface area contributed by atoms with Gasteiger partial charge in [0.1, 0.15) is 11.6 Å². The molecule has 0 bridgehead atoms. The molecule has 0 unspecified atom stereocenters. The topological polar surface area (TPSA) is 21.3 Å². The van der Waals surface area contributed by atoms with Crippen molar-refractivity contribution in [3.63, 3.8) is 0 Å². The smallest absolute Gasteiger partial charge is 0.126 e. The molecule has 1 aromatic carbocycles. The van der Waals surface area contributed by atoms with Crippen molar-refractivity contribution in [1.29, 1.82) is 0 Å². The van der Waals surface area contributed by atoms with Gasteiger partial charge in [-0.1, -0.05) is 26.7 Å². The minimum Gasteiger partial charge on any atom is -0.494 e. The van der Waals surface area contributed by atoms with Crippen molar-refractivity contribution in [2.45, 2.75) is 46.5 Å². The highest BCUT2D eigenvalue weighted by atomic mass is 19.1. The number of unbranched alkanes of at least 4 members (excludes halogenated alkanes) is 3. The summed E-state index contributed by atoms with van der Waals surface area (Å²) in [5.41, 5.74) is 0.638. The molecule has 0 saturated heterocycles. The van der Waals surface area contributed by atoms with Crippen LogP contribution in [0.15, 0.2) is 18.2 Å². The average Bonchev–Trinajstić information content (AvgIpc) is 2.40. The fourth-order valence-electron chi connectivity index (χ4n) is 1.99. The Kier molecular flexibility index (Phi) is 8.28. The molecular weight excluding hydrogens is 253 g/mol. The van der Waals surface area contributed by atoms with Crippen molar-refractivity contribution in [2.75, 3.05) is 19.7 Å². The van der Waals surface area contributed by atoms with Gasteiger partial charge in [-0.05, 0) is 62.5 Å². The number of hydrogen-bond acceptors (Lipinski definition) is 2. The third-order valence-electron chi connectivity index (χ3n) is 3.20. The molecule has 1 rings (SSSR count). The van der Waals surface area contributed by atoms with Crippen LogP contribution in [0.25, 0.3) is 0 Å². The first-order chi connectivity index (χ1) is 9.59. The summed E-state index contributed by atoms with van der Waals surface area (Å²) in [6.07, 6.45) is 4.70. The van der Waals surface area contributed by atoms with Crippen molar-refractivity contribution < 1.29 is 9.13 Å². The van der Waals surface area contributed by atoms with Gasteiger partial charge in [-0.15, -0.1) is 0 Å². The van der Waals surface area contributed by atoms with Gasteiger partial charge in [-0.25, -0.2) is 4.39 Å². The second-order valence-electron chi connectivity index (χ2n) is 5.77. The summed E-state index contributed by atoms with van der Waals surface area (Å²) in [6.45, 7) is 9.13. The fourth-order valence-corrected chi connectivity index (χ4v) is 1.99. The van der Waals surface area contributed by atoms with Crippen LogP contribution in [-0.2, 0) is 0 Å². The number of ether oxygens (including phenoxy) is 1. The number of rotatable bonds is 10. The molecule has 0 atom stereocenters. The maximum absolute atomic E-state index is 13.1. The van der Waals surface area contributed by atoms with Gasteiger partial charge in [0.05, 0.1) is 6.61 Å². The van der Waals surface area contributed by atoms with Crippen molar-refractivity contribution in [2.24, 2.45) is 5.92 Å². The normalized spacial score (nSPS) is 11.1. The predicted octanol–water partition coefficient (Wildman–Crippen LogP) is 4.32. The largest absolute Gasteiger partial charge is 0.494 e. The highest BCUT2D eigenvalue weighted by Gasteiger charge is 1.99. The Morgan fingerprint density at radius 3 is 2.60 bits per heavy atom. The van der Waals surface area contributed by atoms with E-state index in [1.54, 1.807) is 19.1 Å². The number of benzene rings is 1. The second-order valence-corrected chi connectivity index (χ2v) is 5.77. The molecule has 3 heteroatoms. The van der Waals surface area contributed by atoms with E-state index in [2.05, 4.69) is 19.2 Å². The van der Waals surface area contributed by atoms with Crippen LogP contribution in [-0.4, -0.2) is 19.7 Å². The molecule has 2 nitrogen and oxygen atoms in total. The Bertz CT molecular complexity index is 379. The van der Waals surface area contributed by atoms with Gasteiger partial charge in [0.15, 0.2) is 0 Å². The first-order valence-corrected chi connectivity index (χ1v) is 7.69. The zero-order chi connectivity index (χ0) is 14.8. The highest BCUT2D eigenvalue weighted by Crippen LogP contribution is 2.16.